The lowest BCUT2D eigenvalue weighted by atomic mass is 10.2. The molecule has 25 heavy (non-hydrogen) atoms. The largest absolute Gasteiger partial charge is 0.379 e. The van der Waals surface area contributed by atoms with Gasteiger partial charge in [-0.05, 0) is 23.8 Å². The van der Waals surface area contributed by atoms with Crippen molar-refractivity contribution < 1.29 is 4.79 Å². The lowest BCUT2D eigenvalue weighted by molar-refractivity contribution is -0.116. The van der Waals surface area contributed by atoms with E-state index in [9.17, 15) is 4.79 Å². The number of hydrogen-bond donors (Lipinski definition) is 3. The predicted octanol–water partition coefficient (Wildman–Crippen LogP) is 3.99. The summed E-state index contributed by atoms with van der Waals surface area (Å²) < 4.78 is 0. The molecule has 1 unspecified atom stereocenters. The summed E-state index contributed by atoms with van der Waals surface area (Å²) in [6.45, 7) is 1.65. The Kier molecular flexibility index (Phi) is 6.62. The van der Waals surface area contributed by atoms with Gasteiger partial charge in [-0.3, -0.25) is 4.79 Å². The maximum Gasteiger partial charge on any atom is 0.226 e. The molecule has 1 atom stereocenters. The van der Waals surface area contributed by atoms with Crippen LogP contribution in [0.5, 0.6) is 0 Å². The van der Waals surface area contributed by atoms with Crippen molar-refractivity contribution >= 4 is 40.6 Å². The molecule has 1 heterocycles. The van der Waals surface area contributed by atoms with Gasteiger partial charge in [-0.2, -0.15) is 11.8 Å². The van der Waals surface area contributed by atoms with Crippen molar-refractivity contribution in [3.63, 3.8) is 0 Å². The topological polar surface area (TPSA) is 53.2 Å². The second-order valence-electron chi connectivity index (χ2n) is 6.01. The molecular weight excluding hydrogens is 354 g/mol. The molecule has 1 amide bonds. The predicted molar refractivity (Wildman–Crippen MR) is 108 cm³/mol. The molecule has 0 aromatic heterocycles. The molecule has 132 valence electrons. The van der Waals surface area contributed by atoms with Gasteiger partial charge in [-0.1, -0.05) is 41.9 Å². The summed E-state index contributed by atoms with van der Waals surface area (Å²) in [5.74, 6) is 2.09. The number of amides is 1. The zero-order chi connectivity index (χ0) is 17.5. The van der Waals surface area contributed by atoms with Crippen LogP contribution in [0.2, 0.25) is 5.02 Å². The van der Waals surface area contributed by atoms with Crippen molar-refractivity contribution in [1.82, 2.24) is 5.32 Å². The number of carbonyl (C=O) groups is 1. The molecule has 1 aliphatic rings. The summed E-state index contributed by atoms with van der Waals surface area (Å²) in [7, 11) is 0. The standard InChI is InChI=1S/C19H22ClN3OS/c20-15-6-7-17(22-12-14-4-2-1-3-5-14)18(10-15)23-19(24)11-16-13-25-9-8-21-16/h1-7,10,16,21-22H,8-9,11-13H2,(H,23,24). The van der Waals surface area contributed by atoms with Gasteiger partial charge in [0.05, 0.1) is 11.4 Å². The Bertz CT molecular complexity index is 705. The molecule has 2 aromatic carbocycles. The van der Waals surface area contributed by atoms with Gasteiger partial charge in [0.25, 0.3) is 0 Å². The average molecular weight is 376 g/mol. The first kappa shape index (κ1) is 18.1. The van der Waals surface area contributed by atoms with E-state index in [1.165, 1.54) is 5.56 Å². The van der Waals surface area contributed by atoms with E-state index >= 15 is 0 Å². The third-order valence-corrected chi connectivity index (χ3v) is 5.38. The third kappa shape index (κ3) is 5.66. The number of nitrogens with one attached hydrogen (secondary N) is 3. The Hall–Kier alpha value is -1.69. The monoisotopic (exact) mass is 375 g/mol. The van der Waals surface area contributed by atoms with E-state index in [0.717, 1.165) is 29.4 Å². The van der Waals surface area contributed by atoms with Crippen LogP contribution >= 0.6 is 23.4 Å². The second kappa shape index (κ2) is 9.13. The Balaban J connectivity index is 1.63. The summed E-state index contributed by atoms with van der Waals surface area (Å²) >= 11 is 8.00. The molecule has 1 fully saturated rings. The van der Waals surface area contributed by atoms with E-state index in [0.29, 0.717) is 18.0 Å². The van der Waals surface area contributed by atoms with Crippen LogP contribution in [0.1, 0.15) is 12.0 Å². The van der Waals surface area contributed by atoms with Crippen LogP contribution in [0.4, 0.5) is 11.4 Å². The first-order valence-corrected chi connectivity index (χ1v) is 9.92. The van der Waals surface area contributed by atoms with Crippen LogP contribution in [0.15, 0.2) is 48.5 Å². The Morgan fingerprint density at radius 1 is 1.20 bits per heavy atom. The van der Waals surface area contributed by atoms with Crippen LogP contribution in [-0.2, 0) is 11.3 Å². The molecule has 3 N–H and O–H groups in total. The first-order chi connectivity index (χ1) is 12.2. The minimum atomic E-state index is 0.00466. The molecule has 0 bridgehead atoms. The van der Waals surface area contributed by atoms with Crippen molar-refractivity contribution in [3.8, 4) is 0 Å². The number of rotatable bonds is 6. The smallest absolute Gasteiger partial charge is 0.226 e. The quantitative estimate of drug-likeness (QED) is 0.714. The molecular formula is C19H22ClN3OS. The van der Waals surface area contributed by atoms with E-state index in [-0.39, 0.29) is 11.9 Å². The normalized spacial score (nSPS) is 17.1. The Labute approximate surface area is 157 Å². The molecule has 6 heteroatoms. The highest BCUT2D eigenvalue weighted by molar-refractivity contribution is 7.99. The van der Waals surface area contributed by atoms with Gasteiger partial charge in [-0.25, -0.2) is 0 Å². The van der Waals surface area contributed by atoms with Crippen molar-refractivity contribution in [2.24, 2.45) is 0 Å². The van der Waals surface area contributed by atoms with E-state index in [1.807, 2.05) is 42.1 Å². The molecule has 1 saturated heterocycles. The number of anilines is 2. The first-order valence-electron chi connectivity index (χ1n) is 8.39. The average Bonchev–Trinajstić information content (AvgIpc) is 2.63. The maximum atomic E-state index is 12.4. The van der Waals surface area contributed by atoms with E-state index in [4.69, 9.17) is 11.6 Å². The highest BCUT2D eigenvalue weighted by atomic mass is 35.5. The zero-order valence-corrected chi connectivity index (χ0v) is 15.5. The van der Waals surface area contributed by atoms with Crippen LogP contribution in [0, 0.1) is 0 Å². The van der Waals surface area contributed by atoms with Gasteiger partial charge in [0.15, 0.2) is 0 Å². The van der Waals surface area contributed by atoms with Crippen LogP contribution in [0.25, 0.3) is 0 Å². The number of halogens is 1. The van der Waals surface area contributed by atoms with Crippen LogP contribution in [-0.4, -0.2) is 30.0 Å². The minimum Gasteiger partial charge on any atom is -0.379 e. The lowest BCUT2D eigenvalue weighted by Crippen LogP contribution is -2.39. The molecule has 4 nitrogen and oxygen atoms in total. The number of benzene rings is 2. The Morgan fingerprint density at radius 3 is 2.80 bits per heavy atom. The van der Waals surface area contributed by atoms with Gasteiger partial charge in [0.1, 0.15) is 0 Å². The van der Waals surface area contributed by atoms with Crippen molar-refractivity contribution in [2.45, 2.75) is 19.0 Å². The van der Waals surface area contributed by atoms with Gasteiger partial charge in [0, 0.05) is 42.1 Å². The highest BCUT2D eigenvalue weighted by Crippen LogP contribution is 2.27. The second-order valence-corrected chi connectivity index (χ2v) is 7.59. The van der Waals surface area contributed by atoms with E-state index in [1.54, 1.807) is 6.07 Å². The molecule has 2 aromatic rings. The van der Waals surface area contributed by atoms with Gasteiger partial charge in [-0.15, -0.1) is 0 Å². The summed E-state index contributed by atoms with van der Waals surface area (Å²) in [5, 5.41) is 10.4. The van der Waals surface area contributed by atoms with E-state index in [2.05, 4.69) is 28.1 Å². The fourth-order valence-corrected chi connectivity index (χ4v) is 3.86. The number of thioether (sulfide) groups is 1. The third-order valence-electron chi connectivity index (χ3n) is 4.01. The van der Waals surface area contributed by atoms with Gasteiger partial charge < -0.3 is 16.0 Å². The van der Waals surface area contributed by atoms with Crippen molar-refractivity contribution in [2.75, 3.05) is 28.7 Å². The molecule has 0 spiro atoms. The summed E-state index contributed by atoms with van der Waals surface area (Å²) in [5.41, 5.74) is 2.77. The molecule has 3 rings (SSSR count). The lowest BCUT2D eigenvalue weighted by Gasteiger charge is -2.23. The summed E-state index contributed by atoms with van der Waals surface area (Å²) in [6.07, 6.45) is 0.470. The fourth-order valence-electron chi connectivity index (χ4n) is 2.74. The highest BCUT2D eigenvalue weighted by Gasteiger charge is 2.17. The van der Waals surface area contributed by atoms with Crippen molar-refractivity contribution in [1.29, 1.82) is 0 Å². The van der Waals surface area contributed by atoms with Crippen LogP contribution in [0.3, 0.4) is 0 Å². The summed E-state index contributed by atoms with van der Waals surface area (Å²) in [6, 6.07) is 15.9. The molecule has 0 radical (unpaired) electrons. The summed E-state index contributed by atoms with van der Waals surface area (Å²) in [4.78, 5) is 12.4. The zero-order valence-electron chi connectivity index (χ0n) is 13.9. The fraction of sp³-hybridized carbons (Fsp3) is 0.316. The minimum absolute atomic E-state index is 0.00466. The molecule has 0 saturated carbocycles. The molecule has 0 aliphatic carbocycles. The molecule has 1 aliphatic heterocycles. The number of carbonyl (C=O) groups excluding carboxylic acids is 1. The van der Waals surface area contributed by atoms with Crippen molar-refractivity contribution in [3.05, 3.63) is 59.1 Å². The number of hydrogen-bond acceptors (Lipinski definition) is 4. The SMILES string of the molecule is O=C(CC1CSCCN1)Nc1cc(Cl)ccc1NCc1ccccc1. The van der Waals surface area contributed by atoms with Gasteiger partial charge >= 0.3 is 0 Å². The van der Waals surface area contributed by atoms with Crippen LogP contribution < -0.4 is 16.0 Å². The Morgan fingerprint density at radius 2 is 2.04 bits per heavy atom. The van der Waals surface area contributed by atoms with Gasteiger partial charge in [0.2, 0.25) is 5.91 Å². The van der Waals surface area contributed by atoms with E-state index < -0.39 is 0 Å². The maximum absolute atomic E-state index is 12.4.